The smallest absolute Gasteiger partial charge is 0.258 e. The number of hydrogen-bond donors (Lipinski definition) is 1. The molecule has 1 aliphatic rings. The second kappa shape index (κ2) is 6.81. The van der Waals surface area contributed by atoms with Gasteiger partial charge in [-0.15, -0.1) is 0 Å². The van der Waals surface area contributed by atoms with E-state index < -0.39 is 0 Å². The van der Waals surface area contributed by atoms with Crippen LogP contribution < -0.4 is 0 Å². The Balaban J connectivity index is 1.73. The van der Waals surface area contributed by atoms with Crippen LogP contribution in [0.15, 0.2) is 66.7 Å². The lowest BCUT2D eigenvalue weighted by atomic mass is 10.00. The van der Waals surface area contributed by atoms with Gasteiger partial charge in [-0.05, 0) is 35.5 Å². The number of piperazine rings is 1. The van der Waals surface area contributed by atoms with E-state index in [2.05, 4.69) is 24.1 Å². The lowest BCUT2D eigenvalue weighted by Crippen LogP contribution is -2.49. The van der Waals surface area contributed by atoms with Crippen molar-refractivity contribution in [1.82, 2.24) is 9.80 Å². The maximum Gasteiger partial charge on any atom is 0.258 e. The molecular weight excluding hydrogens is 324 g/mol. The molecule has 1 amide bonds. The van der Waals surface area contributed by atoms with Gasteiger partial charge in [0.1, 0.15) is 5.75 Å². The van der Waals surface area contributed by atoms with E-state index in [9.17, 15) is 9.90 Å². The van der Waals surface area contributed by atoms with Gasteiger partial charge >= 0.3 is 0 Å². The quantitative estimate of drug-likeness (QED) is 0.770. The van der Waals surface area contributed by atoms with Gasteiger partial charge in [-0.3, -0.25) is 4.79 Å². The fourth-order valence-corrected chi connectivity index (χ4v) is 3.68. The number of hydrogen-bond acceptors (Lipinski definition) is 3. The highest BCUT2D eigenvalue weighted by Gasteiger charge is 2.31. The highest BCUT2D eigenvalue weighted by molar-refractivity contribution is 6.01. The van der Waals surface area contributed by atoms with Crippen molar-refractivity contribution >= 4 is 16.7 Å². The van der Waals surface area contributed by atoms with Crippen LogP contribution in [0.1, 0.15) is 22.0 Å². The molecule has 1 saturated heterocycles. The van der Waals surface area contributed by atoms with Gasteiger partial charge in [0.2, 0.25) is 0 Å². The first-order valence-corrected chi connectivity index (χ1v) is 8.90. The molecule has 1 fully saturated rings. The number of nitrogens with zero attached hydrogens (tertiary/aromatic N) is 2. The Bertz CT molecular complexity index is 939. The summed E-state index contributed by atoms with van der Waals surface area (Å²) in [5, 5.41) is 12.3. The first kappa shape index (κ1) is 16.6. The average Bonchev–Trinajstić information content (AvgIpc) is 2.67. The summed E-state index contributed by atoms with van der Waals surface area (Å²) in [6.07, 6.45) is 0. The number of likely N-dealkylation sites (N-methyl/N-ethyl adjacent to an activating group) is 1. The molecule has 4 rings (SSSR count). The normalized spacial score (nSPS) is 18.2. The minimum atomic E-state index is -0.116. The molecule has 0 spiro atoms. The molecule has 4 nitrogen and oxygen atoms in total. The summed E-state index contributed by atoms with van der Waals surface area (Å²) < 4.78 is 0. The van der Waals surface area contributed by atoms with Gasteiger partial charge in [-0.2, -0.15) is 0 Å². The molecule has 1 unspecified atom stereocenters. The van der Waals surface area contributed by atoms with Crippen LogP contribution in [0.3, 0.4) is 0 Å². The SMILES string of the molecule is CN1CCN(C(=O)c2cc3ccccc3cc2O)C(c2ccccc2)C1. The molecule has 26 heavy (non-hydrogen) atoms. The van der Waals surface area contributed by atoms with Gasteiger partial charge in [0.15, 0.2) is 0 Å². The van der Waals surface area contributed by atoms with Gasteiger partial charge in [-0.25, -0.2) is 0 Å². The summed E-state index contributed by atoms with van der Waals surface area (Å²) in [6, 6.07) is 21.3. The third kappa shape index (κ3) is 3.04. The number of phenolic OH excluding ortho intramolecular Hbond substituents is 1. The van der Waals surface area contributed by atoms with E-state index in [1.165, 1.54) is 0 Å². The van der Waals surface area contributed by atoms with Crippen LogP contribution in [0.4, 0.5) is 0 Å². The molecule has 1 heterocycles. The maximum absolute atomic E-state index is 13.3. The molecule has 132 valence electrons. The number of phenols is 1. The molecule has 0 saturated carbocycles. The van der Waals surface area contributed by atoms with Crippen LogP contribution in [0.2, 0.25) is 0 Å². The van der Waals surface area contributed by atoms with E-state index in [1.807, 2.05) is 47.4 Å². The number of fused-ring (bicyclic) bond motifs is 1. The van der Waals surface area contributed by atoms with Crippen LogP contribution in [0.25, 0.3) is 10.8 Å². The minimum Gasteiger partial charge on any atom is -0.507 e. The van der Waals surface area contributed by atoms with Crippen LogP contribution in [0.5, 0.6) is 5.75 Å². The summed E-state index contributed by atoms with van der Waals surface area (Å²) in [4.78, 5) is 17.4. The van der Waals surface area contributed by atoms with Gasteiger partial charge in [-0.1, -0.05) is 54.6 Å². The Hall–Kier alpha value is -2.85. The van der Waals surface area contributed by atoms with Crippen molar-refractivity contribution in [1.29, 1.82) is 0 Å². The molecule has 0 aromatic heterocycles. The van der Waals surface area contributed by atoms with Crippen molar-refractivity contribution in [2.75, 3.05) is 26.7 Å². The molecule has 1 aliphatic heterocycles. The van der Waals surface area contributed by atoms with Gasteiger partial charge in [0.25, 0.3) is 5.91 Å². The van der Waals surface area contributed by atoms with E-state index >= 15 is 0 Å². The Morgan fingerprint density at radius 1 is 0.962 bits per heavy atom. The van der Waals surface area contributed by atoms with E-state index in [1.54, 1.807) is 12.1 Å². The minimum absolute atomic E-state index is 0.0201. The summed E-state index contributed by atoms with van der Waals surface area (Å²) in [5.74, 6) is -0.0744. The molecule has 1 atom stereocenters. The van der Waals surface area contributed by atoms with E-state index in [4.69, 9.17) is 0 Å². The monoisotopic (exact) mass is 346 g/mol. The number of carbonyl (C=O) groups is 1. The molecule has 4 heteroatoms. The van der Waals surface area contributed by atoms with Crippen molar-refractivity contribution in [2.24, 2.45) is 0 Å². The summed E-state index contributed by atoms with van der Waals surface area (Å²) in [5.41, 5.74) is 1.49. The predicted octanol–water partition coefficient (Wildman–Crippen LogP) is 3.67. The van der Waals surface area contributed by atoms with Gasteiger partial charge in [0.05, 0.1) is 11.6 Å². The van der Waals surface area contributed by atoms with Gasteiger partial charge < -0.3 is 14.9 Å². The molecule has 0 bridgehead atoms. The van der Waals surface area contributed by atoms with E-state index in [0.717, 1.165) is 29.4 Å². The van der Waals surface area contributed by atoms with E-state index in [-0.39, 0.29) is 17.7 Å². The highest BCUT2D eigenvalue weighted by Crippen LogP contribution is 2.31. The summed E-state index contributed by atoms with van der Waals surface area (Å²) >= 11 is 0. The Labute approximate surface area is 153 Å². The molecular formula is C22H22N2O2. The van der Waals surface area contributed by atoms with Crippen molar-refractivity contribution < 1.29 is 9.90 Å². The van der Waals surface area contributed by atoms with Crippen LogP contribution in [-0.2, 0) is 0 Å². The van der Waals surface area contributed by atoms with Crippen LogP contribution in [-0.4, -0.2) is 47.5 Å². The molecule has 0 radical (unpaired) electrons. The van der Waals surface area contributed by atoms with Crippen molar-refractivity contribution in [3.8, 4) is 5.75 Å². The van der Waals surface area contributed by atoms with Crippen molar-refractivity contribution in [3.05, 3.63) is 77.9 Å². The lowest BCUT2D eigenvalue weighted by Gasteiger charge is -2.40. The van der Waals surface area contributed by atoms with Gasteiger partial charge in [0, 0.05) is 19.6 Å². The fourth-order valence-electron chi connectivity index (χ4n) is 3.68. The number of carbonyl (C=O) groups excluding carboxylic acids is 1. The molecule has 0 aliphatic carbocycles. The largest absolute Gasteiger partial charge is 0.507 e. The third-order valence-electron chi connectivity index (χ3n) is 5.12. The highest BCUT2D eigenvalue weighted by atomic mass is 16.3. The standard InChI is InChI=1S/C22H22N2O2/c1-23-11-12-24(20(15-23)16-7-3-2-4-8-16)22(26)19-13-17-9-5-6-10-18(17)14-21(19)25/h2-10,13-14,20,25H,11-12,15H2,1H3. The lowest BCUT2D eigenvalue weighted by molar-refractivity contribution is 0.0495. The first-order valence-electron chi connectivity index (χ1n) is 8.90. The van der Waals surface area contributed by atoms with Crippen LogP contribution in [0, 0.1) is 0 Å². The first-order chi connectivity index (χ1) is 12.6. The van der Waals surface area contributed by atoms with Crippen LogP contribution >= 0.6 is 0 Å². The zero-order chi connectivity index (χ0) is 18.1. The second-order valence-electron chi connectivity index (χ2n) is 6.90. The van der Waals surface area contributed by atoms with Crippen molar-refractivity contribution in [3.63, 3.8) is 0 Å². The number of aromatic hydroxyl groups is 1. The number of benzene rings is 3. The Morgan fingerprint density at radius 3 is 2.35 bits per heavy atom. The van der Waals surface area contributed by atoms with E-state index in [0.29, 0.717) is 12.1 Å². The topological polar surface area (TPSA) is 43.8 Å². The Morgan fingerprint density at radius 2 is 1.62 bits per heavy atom. The number of amides is 1. The van der Waals surface area contributed by atoms with Crippen molar-refractivity contribution in [2.45, 2.75) is 6.04 Å². The molecule has 3 aromatic carbocycles. The zero-order valence-corrected chi connectivity index (χ0v) is 14.8. The average molecular weight is 346 g/mol. The predicted molar refractivity (Wildman–Crippen MR) is 103 cm³/mol. The third-order valence-corrected chi connectivity index (χ3v) is 5.12. The summed E-state index contributed by atoms with van der Waals surface area (Å²) in [7, 11) is 2.07. The summed E-state index contributed by atoms with van der Waals surface area (Å²) in [6.45, 7) is 2.24. The zero-order valence-electron chi connectivity index (χ0n) is 14.8. The fraction of sp³-hybridized carbons (Fsp3) is 0.227. The maximum atomic E-state index is 13.3. The Kier molecular flexibility index (Phi) is 4.35. The number of rotatable bonds is 2. The molecule has 3 aromatic rings. The second-order valence-corrected chi connectivity index (χ2v) is 6.90. The molecule has 1 N–H and O–H groups in total.